The van der Waals surface area contributed by atoms with E-state index >= 15 is 0 Å². The van der Waals surface area contributed by atoms with Gasteiger partial charge in [-0.1, -0.05) is 12.1 Å². The van der Waals surface area contributed by atoms with Crippen LogP contribution >= 0.6 is 0 Å². The van der Waals surface area contributed by atoms with Crippen molar-refractivity contribution in [2.45, 2.75) is 25.8 Å². The first kappa shape index (κ1) is 14.0. The third kappa shape index (κ3) is 4.75. The summed E-state index contributed by atoms with van der Waals surface area (Å²) in [7, 11) is 4.09. The van der Waals surface area contributed by atoms with Crippen LogP contribution in [-0.4, -0.2) is 32.4 Å². The van der Waals surface area contributed by atoms with Gasteiger partial charge in [0.15, 0.2) is 0 Å². The van der Waals surface area contributed by atoms with E-state index < -0.39 is 0 Å². The van der Waals surface area contributed by atoms with Crippen molar-refractivity contribution in [2.75, 3.05) is 32.1 Å². The fraction of sp³-hybridized carbons (Fsp3) is 0.571. The molecule has 1 aromatic carbocycles. The molecular formula is C14H24N2O. The molecule has 0 fully saturated rings. The topological polar surface area (TPSA) is 35.5 Å². The van der Waals surface area contributed by atoms with Crippen molar-refractivity contribution < 1.29 is 5.11 Å². The highest BCUT2D eigenvalue weighted by Gasteiger charge is 2.04. The molecule has 3 nitrogen and oxygen atoms in total. The second-order valence-electron chi connectivity index (χ2n) is 4.59. The quantitative estimate of drug-likeness (QED) is 0.712. The van der Waals surface area contributed by atoms with Crippen molar-refractivity contribution in [3.63, 3.8) is 0 Å². The molecule has 17 heavy (non-hydrogen) atoms. The van der Waals surface area contributed by atoms with Gasteiger partial charge in [0.05, 0.1) is 0 Å². The fourth-order valence-corrected chi connectivity index (χ4v) is 1.73. The van der Waals surface area contributed by atoms with E-state index in [1.807, 2.05) is 14.1 Å². The summed E-state index contributed by atoms with van der Waals surface area (Å²) in [6.45, 7) is 3.41. The van der Waals surface area contributed by atoms with Crippen LogP contribution in [0.15, 0.2) is 24.3 Å². The van der Waals surface area contributed by atoms with Crippen LogP contribution in [-0.2, 0) is 0 Å². The number of unbranched alkanes of at least 4 members (excludes halogenated alkanes) is 1. The van der Waals surface area contributed by atoms with Crippen molar-refractivity contribution in [3.05, 3.63) is 29.8 Å². The Balaban J connectivity index is 2.43. The predicted octanol–water partition coefficient (Wildman–Crippen LogP) is 2.18. The number of rotatable bonds is 7. The number of benzene rings is 1. The fourth-order valence-electron chi connectivity index (χ4n) is 1.73. The summed E-state index contributed by atoms with van der Waals surface area (Å²) in [6.07, 6.45) is 1.90. The normalized spacial score (nSPS) is 12.5. The van der Waals surface area contributed by atoms with Gasteiger partial charge in [0, 0.05) is 32.4 Å². The second kappa shape index (κ2) is 7.30. The Hall–Kier alpha value is -1.06. The molecule has 1 rings (SSSR count). The maximum atomic E-state index is 8.70. The smallest absolute Gasteiger partial charge is 0.0431 e. The molecule has 0 aliphatic rings. The van der Waals surface area contributed by atoms with E-state index in [-0.39, 0.29) is 6.61 Å². The maximum Gasteiger partial charge on any atom is 0.0431 e. The summed E-state index contributed by atoms with van der Waals surface area (Å²) in [5.74, 6) is 0. The standard InChI is InChI=1S/C14H24N2O/c1-12(15-10-4-5-11-17)13-6-8-14(9-7-13)16(2)3/h6-9,12,15,17H,4-5,10-11H2,1-3H3. The third-order valence-corrected chi connectivity index (χ3v) is 2.94. The first-order chi connectivity index (χ1) is 8.15. The molecule has 1 aromatic rings. The molecule has 0 bridgehead atoms. The Morgan fingerprint density at radius 3 is 2.35 bits per heavy atom. The number of hydrogen-bond acceptors (Lipinski definition) is 3. The highest BCUT2D eigenvalue weighted by atomic mass is 16.2. The summed E-state index contributed by atoms with van der Waals surface area (Å²) < 4.78 is 0. The van der Waals surface area contributed by atoms with Crippen LogP contribution in [0.1, 0.15) is 31.4 Å². The van der Waals surface area contributed by atoms with Crippen molar-refractivity contribution in [1.82, 2.24) is 5.32 Å². The molecule has 96 valence electrons. The Morgan fingerprint density at radius 1 is 1.18 bits per heavy atom. The maximum absolute atomic E-state index is 8.70. The van der Waals surface area contributed by atoms with Crippen molar-refractivity contribution in [1.29, 1.82) is 0 Å². The Morgan fingerprint density at radius 2 is 1.82 bits per heavy atom. The summed E-state index contributed by atoms with van der Waals surface area (Å²) in [5.41, 5.74) is 2.53. The zero-order valence-electron chi connectivity index (χ0n) is 11.1. The highest BCUT2D eigenvalue weighted by Crippen LogP contribution is 2.17. The molecular weight excluding hydrogens is 212 g/mol. The minimum Gasteiger partial charge on any atom is -0.396 e. The molecule has 0 aliphatic carbocycles. The SMILES string of the molecule is CC(NCCCCO)c1ccc(N(C)C)cc1. The minimum absolute atomic E-state index is 0.285. The first-order valence-electron chi connectivity index (χ1n) is 6.26. The molecule has 0 aliphatic heterocycles. The number of aliphatic hydroxyl groups is 1. The largest absolute Gasteiger partial charge is 0.396 e. The molecule has 0 heterocycles. The molecule has 0 aromatic heterocycles. The average molecular weight is 236 g/mol. The summed E-state index contributed by atoms with van der Waals surface area (Å²) >= 11 is 0. The van der Waals surface area contributed by atoms with Gasteiger partial charge in [0.25, 0.3) is 0 Å². The minimum atomic E-state index is 0.285. The van der Waals surface area contributed by atoms with Crippen molar-refractivity contribution >= 4 is 5.69 Å². The number of nitrogens with zero attached hydrogens (tertiary/aromatic N) is 1. The molecule has 1 unspecified atom stereocenters. The van der Waals surface area contributed by atoms with Crippen molar-refractivity contribution in [3.8, 4) is 0 Å². The van der Waals surface area contributed by atoms with Gasteiger partial charge >= 0.3 is 0 Å². The third-order valence-electron chi connectivity index (χ3n) is 2.94. The molecule has 1 atom stereocenters. The van der Waals surface area contributed by atoms with E-state index in [1.54, 1.807) is 0 Å². The van der Waals surface area contributed by atoms with Crippen LogP contribution in [0.4, 0.5) is 5.69 Å². The lowest BCUT2D eigenvalue weighted by molar-refractivity contribution is 0.283. The summed E-state index contributed by atoms with van der Waals surface area (Å²) in [5, 5.41) is 12.2. The van der Waals surface area contributed by atoms with E-state index in [1.165, 1.54) is 11.3 Å². The number of anilines is 1. The Labute approximate surface area is 104 Å². The predicted molar refractivity (Wildman–Crippen MR) is 73.5 cm³/mol. The van der Waals surface area contributed by atoms with Gasteiger partial charge in [0.1, 0.15) is 0 Å². The van der Waals surface area contributed by atoms with Gasteiger partial charge in [-0.2, -0.15) is 0 Å². The number of nitrogens with one attached hydrogen (secondary N) is 1. The lowest BCUT2D eigenvalue weighted by Crippen LogP contribution is -2.20. The molecule has 0 saturated carbocycles. The van der Waals surface area contributed by atoms with Gasteiger partial charge in [0.2, 0.25) is 0 Å². The lowest BCUT2D eigenvalue weighted by atomic mass is 10.1. The Kier molecular flexibility index (Phi) is 6.01. The zero-order chi connectivity index (χ0) is 12.7. The first-order valence-corrected chi connectivity index (χ1v) is 6.26. The monoisotopic (exact) mass is 236 g/mol. The van der Waals surface area contributed by atoms with Gasteiger partial charge in [-0.3, -0.25) is 0 Å². The summed E-state index contributed by atoms with van der Waals surface area (Å²) in [6, 6.07) is 8.98. The van der Waals surface area contributed by atoms with Crippen LogP contribution in [0.3, 0.4) is 0 Å². The molecule has 0 spiro atoms. The molecule has 0 saturated heterocycles. The molecule has 3 heteroatoms. The number of hydrogen-bond donors (Lipinski definition) is 2. The molecule has 2 N–H and O–H groups in total. The van der Waals surface area contributed by atoms with Crippen LogP contribution in [0.5, 0.6) is 0 Å². The van der Waals surface area contributed by atoms with E-state index in [0.29, 0.717) is 6.04 Å². The van der Waals surface area contributed by atoms with E-state index in [4.69, 9.17) is 5.11 Å². The van der Waals surface area contributed by atoms with E-state index in [0.717, 1.165) is 19.4 Å². The lowest BCUT2D eigenvalue weighted by Gasteiger charge is -2.17. The van der Waals surface area contributed by atoms with E-state index in [2.05, 4.69) is 41.4 Å². The van der Waals surface area contributed by atoms with Crippen LogP contribution in [0.2, 0.25) is 0 Å². The van der Waals surface area contributed by atoms with Gasteiger partial charge < -0.3 is 15.3 Å². The van der Waals surface area contributed by atoms with Crippen LogP contribution in [0, 0.1) is 0 Å². The number of aliphatic hydroxyl groups excluding tert-OH is 1. The van der Waals surface area contributed by atoms with Crippen LogP contribution < -0.4 is 10.2 Å². The van der Waals surface area contributed by atoms with E-state index in [9.17, 15) is 0 Å². The van der Waals surface area contributed by atoms with Crippen LogP contribution in [0.25, 0.3) is 0 Å². The highest BCUT2D eigenvalue weighted by molar-refractivity contribution is 5.46. The molecule has 0 amide bonds. The zero-order valence-corrected chi connectivity index (χ0v) is 11.1. The van der Waals surface area contributed by atoms with Gasteiger partial charge in [-0.15, -0.1) is 0 Å². The Bertz CT molecular complexity index is 309. The molecule has 0 radical (unpaired) electrons. The average Bonchev–Trinajstić information content (AvgIpc) is 2.34. The van der Waals surface area contributed by atoms with Gasteiger partial charge in [-0.05, 0) is 44.0 Å². The summed E-state index contributed by atoms with van der Waals surface area (Å²) in [4.78, 5) is 2.10. The van der Waals surface area contributed by atoms with Crippen molar-refractivity contribution in [2.24, 2.45) is 0 Å². The van der Waals surface area contributed by atoms with Gasteiger partial charge in [-0.25, -0.2) is 0 Å². The second-order valence-corrected chi connectivity index (χ2v) is 4.59.